The summed E-state index contributed by atoms with van der Waals surface area (Å²) in [5.41, 5.74) is 3.18. The molecule has 0 unspecified atom stereocenters. The number of carbonyl (C=O) groups is 4. The van der Waals surface area contributed by atoms with Crippen molar-refractivity contribution in [2.45, 2.75) is 67.7 Å². The largest absolute Gasteiger partial charge is 2.00 e. The van der Waals surface area contributed by atoms with E-state index in [4.69, 9.17) is 14.2 Å². The number of aryl methyl sites for hydroxylation is 2. The molecule has 0 aromatic heterocycles. The molecule has 8 nitrogen and oxygen atoms in total. The molecule has 0 aliphatic carbocycles. The van der Waals surface area contributed by atoms with Crippen molar-refractivity contribution in [3.63, 3.8) is 0 Å². The van der Waals surface area contributed by atoms with Crippen LogP contribution in [0.5, 0.6) is 0 Å². The van der Waals surface area contributed by atoms with Gasteiger partial charge >= 0.3 is 46.9 Å². The van der Waals surface area contributed by atoms with E-state index in [0.717, 1.165) is 11.1 Å². The summed E-state index contributed by atoms with van der Waals surface area (Å²) in [6.07, 6.45) is 0. The molecule has 0 saturated carbocycles. The number of esters is 4. The minimum absolute atomic E-state index is 0. The Labute approximate surface area is 283 Å². The molecule has 0 aliphatic rings. The Kier molecular flexibility index (Phi) is 24.7. The van der Waals surface area contributed by atoms with Crippen LogP contribution >= 0.6 is 0 Å². The molecule has 2 aromatic carbocycles. The third kappa shape index (κ3) is 16.1. The molecule has 0 spiro atoms. The van der Waals surface area contributed by atoms with E-state index in [1.54, 1.807) is 34.6 Å². The number of benzene rings is 2. The Morgan fingerprint density at radius 1 is 0.744 bits per heavy atom. The fourth-order valence-electron chi connectivity index (χ4n) is 3.55. The molecular formula is C33H45BrMgO8. The number of rotatable bonds is 9. The first-order chi connectivity index (χ1) is 19.3. The van der Waals surface area contributed by atoms with Crippen molar-refractivity contribution in [3.8, 4) is 0 Å². The van der Waals surface area contributed by atoms with Gasteiger partial charge in [-0.2, -0.15) is 35.9 Å². The quantitative estimate of drug-likeness (QED) is 0.0761. The van der Waals surface area contributed by atoms with Gasteiger partial charge in [0.15, 0.2) is 5.92 Å². The second-order valence-electron chi connectivity index (χ2n) is 9.69. The van der Waals surface area contributed by atoms with E-state index in [2.05, 4.69) is 17.7 Å². The van der Waals surface area contributed by atoms with Gasteiger partial charge in [-0.25, -0.2) is 9.59 Å². The van der Waals surface area contributed by atoms with Crippen LogP contribution in [0.2, 0.25) is 0 Å². The van der Waals surface area contributed by atoms with Crippen LogP contribution in [0.25, 0.3) is 0 Å². The normalized spacial score (nSPS) is 9.65. The van der Waals surface area contributed by atoms with Crippen LogP contribution in [0, 0.1) is 25.8 Å². The van der Waals surface area contributed by atoms with Crippen LogP contribution in [0.3, 0.4) is 0 Å². The van der Waals surface area contributed by atoms with Crippen LogP contribution in [0.4, 0.5) is 0 Å². The number of hydrogen-bond donors (Lipinski definition) is 0. The van der Waals surface area contributed by atoms with E-state index >= 15 is 0 Å². The number of methoxy groups -OCH3 is 1. The van der Waals surface area contributed by atoms with Crippen LogP contribution in [-0.2, 0) is 43.5 Å². The number of hydrogen-bond acceptors (Lipinski definition) is 8. The van der Waals surface area contributed by atoms with Gasteiger partial charge in [0.2, 0.25) is 0 Å². The topological polar surface area (TPSA) is 105 Å². The minimum Gasteiger partial charge on any atom is -1.00 e. The molecule has 43 heavy (non-hydrogen) atoms. The molecular weight excluding hydrogens is 629 g/mol. The van der Waals surface area contributed by atoms with E-state index in [-0.39, 0.29) is 65.4 Å². The monoisotopic (exact) mass is 672 g/mol. The van der Waals surface area contributed by atoms with Crippen molar-refractivity contribution in [3.05, 3.63) is 82.4 Å². The van der Waals surface area contributed by atoms with Crippen LogP contribution < -0.4 is 17.0 Å². The molecule has 0 bridgehead atoms. The third-order valence-corrected chi connectivity index (χ3v) is 5.82. The van der Waals surface area contributed by atoms with Crippen molar-refractivity contribution >= 4 is 46.9 Å². The van der Waals surface area contributed by atoms with Gasteiger partial charge in [-0.05, 0) is 47.1 Å². The molecule has 0 radical (unpaired) electrons. The van der Waals surface area contributed by atoms with Gasteiger partial charge in [-0.1, -0.05) is 56.2 Å². The summed E-state index contributed by atoms with van der Waals surface area (Å²) >= 11 is 0. The fraction of sp³-hybridized carbons (Fsp3) is 0.455. The molecule has 234 valence electrons. The third-order valence-electron chi connectivity index (χ3n) is 5.82. The van der Waals surface area contributed by atoms with Crippen LogP contribution in [0.1, 0.15) is 65.2 Å². The Morgan fingerprint density at radius 2 is 1.16 bits per heavy atom. The van der Waals surface area contributed by atoms with Gasteiger partial charge in [0, 0.05) is 5.41 Å². The fourth-order valence-corrected chi connectivity index (χ4v) is 3.55. The predicted octanol–water partition coefficient (Wildman–Crippen LogP) is 2.49. The smallest absolute Gasteiger partial charge is 1.00 e. The van der Waals surface area contributed by atoms with Gasteiger partial charge in [0.1, 0.15) is 5.57 Å². The van der Waals surface area contributed by atoms with E-state index in [1.165, 1.54) is 12.7 Å². The molecule has 0 N–H and O–H groups in total. The predicted molar refractivity (Wildman–Crippen MR) is 164 cm³/mol. The maximum atomic E-state index is 12.2. The molecule has 2 rings (SSSR count). The molecule has 0 heterocycles. The molecule has 0 atom stereocenters. The summed E-state index contributed by atoms with van der Waals surface area (Å²) in [5.74, 6) is -3.34. The van der Waals surface area contributed by atoms with E-state index in [0.29, 0.717) is 5.57 Å². The first-order valence-corrected chi connectivity index (χ1v) is 13.5. The number of allylic oxidation sites excluding steroid dienone is 1. The summed E-state index contributed by atoms with van der Waals surface area (Å²) in [7, 11) is 1.23. The van der Waals surface area contributed by atoms with Gasteiger partial charge in [-0.3, -0.25) is 9.59 Å². The summed E-state index contributed by atoms with van der Waals surface area (Å²) in [6, 6.07) is 18.6. The zero-order chi connectivity index (χ0) is 31.6. The van der Waals surface area contributed by atoms with Crippen LogP contribution in [0.15, 0.2) is 59.7 Å². The first-order valence-electron chi connectivity index (χ1n) is 13.5. The second-order valence-corrected chi connectivity index (χ2v) is 9.69. The average Bonchev–Trinajstić information content (AvgIpc) is 2.90. The number of ether oxygens (including phenoxy) is 4. The Bertz CT molecular complexity index is 1120. The second kappa shape index (κ2) is 23.7. The summed E-state index contributed by atoms with van der Waals surface area (Å²) in [6.45, 7) is 16.9. The van der Waals surface area contributed by atoms with Gasteiger partial charge in [0.05, 0.1) is 26.9 Å². The molecule has 0 saturated heterocycles. The Morgan fingerprint density at radius 3 is 1.49 bits per heavy atom. The number of carbonyl (C=O) groups excluding carboxylic acids is 4. The first kappa shape index (κ1) is 44.7. The van der Waals surface area contributed by atoms with Crippen molar-refractivity contribution < 1.29 is 55.1 Å². The molecule has 0 aliphatic heterocycles. The summed E-state index contributed by atoms with van der Waals surface area (Å²) < 4.78 is 19.3. The standard InChI is InChI=1S/C17H24O4.C9H14O4.C7H7.BrH.Mg/c1-6-20-15(18)14(16(19)21-7-2)17(4,5)13-10-8-12(3)9-11-13;1-5-13-9(11)7(6(2)3)8(10)12-4;1-7-5-3-2-4-6-7;;/h8-11,14H,6-7H2,1-5H3;5H2,1-4H3;3-6H,1H3;1H;/q;;-1;;+2/p-1. The molecule has 2 aromatic rings. The maximum Gasteiger partial charge on any atom is 2.00 e. The summed E-state index contributed by atoms with van der Waals surface area (Å²) in [4.78, 5) is 46.7. The van der Waals surface area contributed by atoms with E-state index < -0.39 is 35.2 Å². The van der Waals surface area contributed by atoms with E-state index in [1.807, 2.05) is 69.3 Å². The van der Waals surface area contributed by atoms with Gasteiger partial charge in [0.25, 0.3) is 0 Å². The Hall–Kier alpha value is -2.69. The molecule has 0 amide bonds. The van der Waals surface area contributed by atoms with E-state index in [9.17, 15) is 19.2 Å². The van der Waals surface area contributed by atoms with Crippen molar-refractivity contribution in [2.24, 2.45) is 5.92 Å². The van der Waals surface area contributed by atoms with Crippen LogP contribution in [-0.4, -0.2) is 73.9 Å². The SMILES string of the molecule is CCOC(=O)C(C(=O)OC)=C(C)C.CCOC(=O)C(C(=O)OCC)C(C)(C)c1ccc(C)cc1.Cc1cc[c-]cc1.[Br-].[Mg+2]. The van der Waals surface area contributed by atoms with Crippen molar-refractivity contribution in [1.82, 2.24) is 0 Å². The summed E-state index contributed by atoms with van der Waals surface area (Å²) in [5, 5.41) is 0. The molecule has 10 heteroatoms. The molecule has 0 fully saturated rings. The minimum atomic E-state index is -0.972. The van der Waals surface area contributed by atoms with Crippen molar-refractivity contribution in [2.75, 3.05) is 26.9 Å². The number of halogens is 1. The van der Waals surface area contributed by atoms with Gasteiger partial charge < -0.3 is 35.9 Å². The maximum absolute atomic E-state index is 12.2. The average molecular weight is 674 g/mol. The zero-order valence-corrected chi connectivity index (χ0v) is 30.2. The Balaban J connectivity index is -0.000000620. The van der Waals surface area contributed by atoms with Gasteiger partial charge in [-0.15, -0.1) is 0 Å². The van der Waals surface area contributed by atoms with Crippen molar-refractivity contribution in [1.29, 1.82) is 0 Å². The zero-order valence-electron chi connectivity index (χ0n) is 27.2.